The number of nitrogens with two attached hydrogens (primary N) is 1. The van der Waals surface area contributed by atoms with Crippen LogP contribution in [0.2, 0.25) is 0 Å². The highest BCUT2D eigenvalue weighted by Crippen LogP contribution is 2.51. The summed E-state index contributed by atoms with van der Waals surface area (Å²) in [7, 11) is 6.32. The quantitative estimate of drug-likeness (QED) is 0.890. The van der Waals surface area contributed by atoms with Gasteiger partial charge in [0.2, 0.25) is 11.7 Å². The molecule has 1 atom stereocenters. The average Bonchev–Trinajstić information content (AvgIpc) is 2.82. The van der Waals surface area contributed by atoms with Crippen molar-refractivity contribution in [3.8, 4) is 34.1 Å². The summed E-state index contributed by atoms with van der Waals surface area (Å²) in [6, 6.07) is 7.68. The van der Waals surface area contributed by atoms with Crippen molar-refractivity contribution in [2.24, 2.45) is 5.73 Å². The molecule has 26 heavy (non-hydrogen) atoms. The van der Waals surface area contributed by atoms with E-state index in [0.29, 0.717) is 30.1 Å². The van der Waals surface area contributed by atoms with E-state index >= 15 is 0 Å². The molecule has 6 nitrogen and oxygen atoms in total. The standard InChI is InChI=1S/C20H23NO5/c1-23-12-6-8-13-11(9-12)5-7-14(20(21)22)15-10-16(24-2)18(25-3)19(26-4)17(13)15/h6,8-10,14H,5,7H2,1-4H3,(H2,21,22). The van der Waals surface area contributed by atoms with Crippen LogP contribution in [-0.4, -0.2) is 34.3 Å². The average molecular weight is 357 g/mol. The Morgan fingerprint density at radius 1 is 1.00 bits per heavy atom. The monoisotopic (exact) mass is 357 g/mol. The highest BCUT2D eigenvalue weighted by atomic mass is 16.5. The molecule has 138 valence electrons. The van der Waals surface area contributed by atoms with Gasteiger partial charge in [-0.3, -0.25) is 4.79 Å². The lowest BCUT2D eigenvalue weighted by atomic mass is 9.89. The van der Waals surface area contributed by atoms with Crippen LogP contribution in [0.1, 0.15) is 23.5 Å². The Bertz CT molecular complexity index is 847. The van der Waals surface area contributed by atoms with Crippen LogP contribution in [0.25, 0.3) is 11.1 Å². The van der Waals surface area contributed by atoms with Crippen LogP contribution in [0.5, 0.6) is 23.0 Å². The van der Waals surface area contributed by atoms with Crippen molar-refractivity contribution >= 4 is 5.91 Å². The number of methoxy groups -OCH3 is 4. The van der Waals surface area contributed by atoms with Gasteiger partial charge in [-0.15, -0.1) is 0 Å². The number of carbonyl (C=O) groups is 1. The second-order valence-corrected chi connectivity index (χ2v) is 6.13. The van der Waals surface area contributed by atoms with Crippen molar-refractivity contribution in [3.63, 3.8) is 0 Å². The van der Waals surface area contributed by atoms with E-state index in [2.05, 4.69) is 0 Å². The maximum Gasteiger partial charge on any atom is 0.225 e. The molecule has 0 aliphatic heterocycles. The first-order valence-electron chi connectivity index (χ1n) is 8.35. The molecule has 2 N–H and O–H groups in total. The van der Waals surface area contributed by atoms with E-state index in [1.807, 2.05) is 24.3 Å². The zero-order valence-electron chi connectivity index (χ0n) is 15.4. The normalized spacial score (nSPS) is 15.3. The molecule has 0 saturated carbocycles. The van der Waals surface area contributed by atoms with E-state index < -0.39 is 5.92 Å². The lowest BCUT2D eigenvalue weighted by Crippen LogP contribution is -2.22. The molecular formula is C20H23NO5. The van der Waals surface area contributed by atoms with Gasteiger partial charge in [-0.05, 0) is 47.7 Å². The summed E-state index contributed by atoms with van der Waals surface area (Å²) >= 11 is 0. The van der Waals surface area contributed by atoms with Gasteiger partial charge < -0.3 is 24.7 Å². The number of amides is 1. The topological polar surface area (TPSA) is 80.0 Å². The molecule has 1 unspecified atom stereocenters. The zero-order chi connectivity index (χ0) is 18.8. The summed E-state index contributed by atoms with van der Waals surface area (Å²) in [5.41, 5.74) is 9.36. The number of ether oxygens (including phenoxy) is 4. The van der Waals surface area contributed by atoms with Crippen LogP contribution in [0, 0.1) is 0 Å². The first kappa shape index (κ1) is 17.9. The largest absolute Gasteiger partial charge is 0.497 e. The van der Waals surface area contributed by atoms with Crippen molar-refractivity contribution < 1.29 is 23.7 Å². The molecule has 1 amide bonds. The molecule has 0 saturated heterocycles. The zero-order valence-corrected chi connectivity index (χ0v) is 15.4. The van der Waals surface area contributed by atoms with Crippen LogP contribution >= 0.6 is 0 Å². The van der Waals surface area contributed by atoms with Gasteiger partial charge in [-0.2, -0.15) is 0 Å². The van der Waals surface area contributed by atoms with Crippen LogP contribution in [0.4, 0.5) is 0 Å². The maximum atomic E-state index is 12.2. The molecule has 0 fully saturated rings. The number of benzene rings is 2. The summed E-state index contributed by atoms with van der Waals surface area (Å²) in [6.07, 6.45) is 1.30. The maximum absolute atomic E-state index is 12.2. The van der Waals surface area contributed by atoms with Crippen LogP contribution in [0.15, 0.2) is 24.3 Å². The van der Waals surface area contributed by atoms with Crippen molar-refractivity contribution in [1.29, 1.82) is 0 Å². The van der Waals surface area contributed by atoms with E-state index in [4.69, 9.17) is 24.7 Å². The van der Waals surface area contributed by atoms with E-state index in [9.17, 15) is 4.79 Å². The number of carbonyl (C=O) groups excluding carboxylic acids is 1. The summed E-state index contributed by atoms with van der Waals surface area (Å²) in [4.78, 5) is 12.2. The Balaban J connectivity index is 2.39. The van der Waals surface area contributed by atoms with Gasteiger partial charge in [0, 0.05) is 5.56 Å². The molecule has 2 aromatic rings. The molecule has 1 aliphatic rings. The number of primary amides is 1. The van der Waals surface area contributed by atoms with Crippen LogP contribution in [0.3, 0.4) is 0 Å². The molecule has 0 heterocycles. The smallest absolute Gasteiger partial charge is 0.225 e. The molecule has 2 aromatic carbocycles. The van der Waals surface area contributed by atoms with Gasteiger partial charge in [0.15, 0.2) is 11.5 Å². The number of fused-ring (bicyclic) bond motifs is 3. The molecule has 3 rings (SSSR count). The summed E-state index contributed by atoms with van der Waals surface area (Å²) in [6.45, 7) is 0. The molecule has 0 radical (unpaired) electrons. The minimum Gasteiger partial charge on any atom is -0.497 e. The van der Waals surface area contributed by atoms with Crippen LogP contribution < -0.4 is 24.7 Å². The molecule has 1 aliphatic carbocycles. The first-order chi connectivity index (χ1) is 12.5. The Labute approximate surface area is 152 Å². The highest BCUT2D eigenvalue weighted by Gasteiger charge is 2.32. The van der Waals surface area contributed by atoms with Gasteiger partial charge in [-0.1, -0.05) is 6.07 Å². The van der Waals surface area contributed by atoms with E-state index in [-0.39, 0.29) is 5.91 Å². The van der Waals surface area contributed by atoms with Crippen LogP contribution in [-0.2, 0) is 11.2 Å². The third kappa shape index (κ3) is 2.81. The lowest BCUT2D eigenvalue weighted by molar-refractivity contribution is -0.119. The van der Waals surface area contributed by atoms with Gasteiger partial charge in [0.05, 0.1) is 34.4 Å². The van der Waals surface area contributed by atoms with Gasteiger partial charge in [0.25, 0.3) is 0 Å². The van der Waals surface area contributed by atoms with Crippen molar-refractivity contribution in [2.75, 3.05) is 28.4 Å². The highest BCUT2D eigenvalue weighted by molar-refractivity contribution is 5.90. The molecule has 6 heteroatoms. The molecular weight excluding hydrogens is 334 g/mol. The number of hydrogen-bond acceptors (Lipinski definition) is 5. The van der Waals surface area contributed by atoms with E-state index in [1.54, 1.807) is 28.4 Å². The fourth-order valence-corrected chi connectivity index (χ4v) is 3.63. The minimum atomic E-state index is -0.447. The molecule has 0 spiro atoms. The molecule has 0 bridgehead atoms. The second kappa shape index (κ2) is 7.15. The predicted molar refractivity (Wildman–Crippen MR) is 98.3 cm³/mol. The minimum absolute atomic E-state index is 0.375. The van der Waals surface area contributed by atoms with Crippen molar-refractivity contribution in [3.05, 3.63) is 35.4 Å². The summed E-state index contributed by atoms with van der Waals surface area (Å²) < 4.78 is 22.0. The molecule has 0 aromatic heterocycles. The number of rotatable bonds is 5. The third-order valence-corrected chi connectivity index (χ3v) is 4.86. The third-order valence-electron chi connectivity index (χ3n) is 4.86. The Kier molecular flexibility index (Phi) is 4.93. The van der Waals surface area contributed by atoms with Gasteiger partial charge >= 0.3 is 0 Å². The van der Waals surface area contributed by atoms with Crippen molar-refractivity contribution in [1.82, 2.24) is 0 Å². The predicted octanol–water partition coefficient (Wildman–Crippen LogP) is 2.90. The fourth-order valence-electron chi connectivity index (χ4n) is 3.63. The fraction of sp³-hybridized carbons (Fsp3) is 0.350. The van der Waals surface area contributed by atoms with Crippen molar-refractivity contribution in [2.45, 2.75) is 18.8 Å². The number of hydrogen-bond donors (Lipinski definition) is 1. The summed E-state index contributed by atoms with van der Waals surface area (Å²) in [5.74, 6) is 1.47. The second-order valence-electron chi connectivity index (χ2n) is 6.13. The first-order valence-corrected chi connectivity index (χ1v) is 8.35. The van der Waals surface area contributed by atoms with E-state index in [1.165, 1.54) is 0 Å². The number of aryl methyl sites for hydroxylation is 1. The Morgan fingerprint density at radius 2 is 1.73 bits per heavy atom. The van der Waals surface area contributed by atoms with Gasteiger partial charge in [-0.25, -0.2) is 0 Å². The van der Waals surface area contributed by atoms with Gasteiger partial charge in [0.1, 0.15) is 5.75 Å². The Morgan fingerprint density at radius 3 is 2.31 bits per heavy atom. The lowest BCUT2D eigenvalue weighted by Gasteiger charge is -2.22. The van der Waals surface area contributed by atoms with E-state index in [0.717, 1.165) is 28.0 Å². The summed E-state index contributed by atoms with van der Waals surface area (Å²) in [5, 5.41) is 0. The Hall–Kier alpha value is -2.89. The SMILES string of the molecule is COc1ccc2c(c1)CCC(C(N)=O)c1cc(OC)c(OC)c(OC)c1-2.